The maximum atomic E-state index is 5.63. The van der Waals surface area contributed by atoms with Gasteiger partial charge in [0.1, 0.15) is 12.0 Å². The van der Waals surface area contributed by atoms with Crippen LogP contribution in [0.2, 0.25) is 0 Å². The van der Waals surface area contributed by atoms with Gasteiger partial charge in [-0.05, 0) is 22.0 Å². The molecule has 0 bridgehead atoms. The molecule has 17 heavy (non-hydrogen) atoms. The van der Waals surface area contributed by atoms with Gasteiger partial charge in [-0.15, -0.1) is 0 Å². The van der Waals surface area contributed by atoms with Gasteiger partial charge in [0.05, 0.1) is 5.39 Å². The summed E-state index contributed by atoms with van der Waals surface area (Å²) in [6.07, 6.45) is 3.13. The fraction of sp³-hybridized carbons (Fsp3) is 0. The average molecular weight is 292 g/mol. The molecule has 0 aromatic carbocycles. The third-order valence-electron chi connectivity index (χ3n) is 2.16. The van der Waals surface area contributed by atoms with E-state index in [1.165, 1.54) is 6.33 Å². The van der Waals surface area contributed by atoms with Gasteiger partial charge < -0.3 is 5.73 Å². The molecule has 3 aromatic rings. The van der Waals surface area contributed by atoms with Crippen molar-refractivity contribution in [2.75, 3.05) is 5.73 Å². The minimum Gasteiger partial charge on any atom is -0.368 e. The molecule has 7 nitrogen and oxygen atoms in total. The van der Waals surface area contributed by atoms with E-state index in [4.69, 9.17) is 5.73 Å². The van der Waals surface area contributed by atoms with E-state index in [0.717, 1.165) is 9.86 Å². The van der Waals surface area contributed by atoms with Crippen molar-refractivity contribution in [3.05, 3.63) is 23.1 Å². The molecule has 0 fully saturated rings. The van der Waals surface area contributed by atoms with Gasteiger partial charge in [0.15, 0.2) is 11.5 Å². The van der Waals surface area contributed by atoms with E-state index < -0.39 is 0 Å². The molecule has 0 saturated heterocycles. The number of fused-ring (bicyclic) bond motifs is 1. The van der Waals surface area contributed by atoms with Crippen LogP contribution in [0.4, 0.5) is 5.95 Å². The van der Waals surface area contributed by atoms with Crippen LogP contribution >= 0.6 is 15.9 Å². The van der Waals surface area contributed by atoms with Crippen LogP contribution in [0.5, 0.6) is 0 Å². The molecule has 3 aromatic heterocycles. The molecular formula is C9H6BrN7. The van der Waals surface area contributed by atoms with E-state index in [0.29, 0.717) is 17.2 Å². The Morgan fingerprint density at radius 1 is 1.24 bits per heavy atom. The summed E-state index contributed by atoms with van der Waals surface area (Å²) < 4.78 is 0.829. The predicted molar refractivity (Wildman–Crippen MR) is 64.8 cm³/mol. The Morgan fingerprint density at radius 2 is 2.12 bits per heavy atom. The van der Waals surface area contributed by atoms with Crippen LogP contribution in [0.3, 0.4) is 0 Å². The van der Waals surface area contributed by atoms with Gasteiger partial charge in [-0.3, -0.25) is 5.10 Å². The third-order valence-corrected chi connectivity index (χ3v) is 2.60. The van der Waals surface area contributed by atoms with E-state index in [-0.39, 0.29) is 5.95 Å². The summed E-state index contributed by atoms with van der Waals surface area (Å²) in [5.41, 5.74) is 6.70. The van der Waals surface area contributed by atoms with E-state index in [1.807, 2.05) is 6.07 Å². The Labute approximate surface area is 104 Å². The van der Waals surface area contributed by atoms with Gasteiger partial charge in [0.2, 0.25) is 5.95 Å². The van der Waals surface area contributed by atoms with Gasteiger partial charge in [0.25, 0.3) is 0 Å². The van der Waals surface area contributed by atoms with Crippen LogP contribution in [0, 0.1) is 0 Å². The first-order chi connectivity index (χ1) is 8.24. The maximum absolute atomic E-state index is 5.63. The first kappa shape index (κ1) is 10.1. The highest BCUT2D eigenvalue weighted by molar-refractivity contribution is 9.10. The number of nitrogen functional groups attached to an aromatic ring is 1. The number of nitrogens with zero attached hydrogens (tertiary/aromatic N) is 5. The number of nitrogens with one attached hydrogen (secondary N) is 1. The lowest BCUT2D eigenvalue weighted by Gasteiger charge is -2.03. The normalized spacial score (nSPS) is 10.9. The lowest BCUT2D eigenvalue weighted by atomic mass is 10.2. The fourth-order valence-corrected chi connectivity index (χ4v) is 1.83. The monoisotopic (exact) mass is 291 g/mol. The van der Waals surface area contributed by atoms with E-state index >= 15 is 0 Å². The highest BCUT2D eigenvalue weighted by Crippen LogP contribution is 2.24. The summed E-state index contributed by atoms with van der Waals surface area (Å²) in [6, 6.07) is 1.85. The quantitative estimate of drug-likeness (QED) is 0.697. The highest BCUT2D eigenvalue weighted by atomic mass is 79.9. The van der Waals surface area contributed by atoms with Crippen molar-refractivity contribution in [1.29, 1.82) is 0 Å². The molecule has 0 unspecified atom stereocenters. The Kier molecular flexibility index (Phi) is 2.22. The van der Waals surface area contributed by atoms with Crippen LogP contribution in [-0.4, -0.2) is 30.1 Å². The van der Waals surface area contributed by atoms with Gasteiger partial charge in [-0.1, -0.05) is 0 Å². The van der Waals surface area contributed by atoms with Crippen LogP contribution in [0.25, 0.3) is 22.6 Å². The van der Waals surface area contributed by atoms with E-state index in [1.54, 1.807) is 6.20 Å². The molecule has 0 aliphatic carbocycles. The maximum Gasteiger partial charge on any atom is 0.222 e. The number of aromatic amines is 1. The van der Waals surface area contributed by atoms with Crippen molar-refractivity contribution in [2.45, 2.75) is 0 Å². The van der Waals surface area contributed by atoms with Crippen molar-refractivity contribution in [3.8, 4) is 11.5 Å². The van der Waals surface area contributed by atoms with Crippen LogP contribution in [0.1, 0.15) is 0 Å². The summed E-state index contributed by atoms with van der Waals surface area (Å²) in [6.45, 7) is 0. The zero-order valence-corrected chi connectivity index (χ0v) is 10.0. The van der Waals surface area contributed by atoms with Crippen LogP contribution < -0.4 is 5.73 Å². The Morgan fingerprint density at radius 3 is 2.88 bits per heavy atom. The summed E-state index contributed by atoms with van der Waals surface area (Å²) in [4.78, 5) is 16.4. The summed E-state index contributed by atoms with van der Waals surface area (Å²) in [5, 5.41) is 7.36. The second kappa shape index (κ2) is 3.74. The number of aromatic nitrogens is 6. The number of hydrogen-bond donors (Lipinski definition) is 2. The first-order valence-corrected chi connectivity index (χ1v) is 5.48. The minimum absolute atomic E-state index is 0.145. The fourth-order valence-electron chi connectivity index (χ4n) is 1.50. The SMILES string of the molecule is Nc1nc(-c2nc[nH]n2)c2cc(Br)cnc2n1. The molecule has 0 amide bonds. The van der Waals surface area contributed by atoms with Crippen molar-refractivity contribution in [2.24, 2.45) is 0 Å². The van der Waals surface area contributed by atoms with Crippen molar-refractivity contribution in [3.63, 3.8) is 0 Å². The zero-order valence-electron chi connectivity index (χ0n) is 8.42. The lowest BCUT2D eigenvalue weighted by molar-refractivity contribution is 1.08. The van der Waals surface area contributed by atoms with Crippen LogP contribution in [0.15, 0.2) is 23.1 Å². The molecule has 3 N–H and O–H groups in total. The van der Waals surface area contributed by atoms with Gasteiger partial charge in [0, 0.05) is 10.7 Å². The molecule has 0 saturated carbocycles. The second-order valence-corrected chi connectivity index (χ2v) is 4.19. The zero-order chi connectivity index (χ0) is 11.8. The number of halogens is 1. The number of pyridine rings is 1. The van der Waals surface area contributed by atoms with Gasteiger partial charge in [-0.2, -0.15) is 10.1 Å². The number of hydrogen-bond acceptors (Lipinski definition) is 6. The van der Waals surface area contributed by atoms with Crippen molar-refractivity contribution in [1.82, 2.24) is 30.1 Å². The molecule has 0 aliphatic heterocycles. The number of nitrogens with two attached hydrogens (primary N) is 1. The largest absolute Gasteiger partial charge is 0.368 e. The van der Waals surface area contributed by atoms with Crippen LogP contribution in [-0.2, 0) is 0 Å². The molecule has 3 heterocycles. The lowest BCUT2D eigenvalue weighted by Crippen LogP contribution is -2.00. The Balaban J connectivity index is 2.39. The van der Waals surface area contributed by atoms with E-state index in [9.17, 15) is 0 Å². The summed E-state index contributed by atoms with van der Waals surface area (Å²) >= 11 is 3.35. The van der Waals surface area contributed by atoms with Gasteiger partial charge >= 0.3 is 0 Å². The standard InChI is InChI=1S/C9H6BrN7/c10-4-1-5-6(8-13-3-14-17-8)15-9(11)16-7(5)12-2-4/h1-3H,(H,13,14,17)(H2,11,12,15,16). The van der Waals surface area contributed by atoms with Crippen molar-refractivity contribution >= 4 is 32.9 Å². The summed E-state index contributed by atoms with van der Waals surface area (Å²) in [7, 11) is 0. The Bertz CT molecular complexity index is 679. The van der Waals surface area contributed by atoms with Crippen molar-refractivity contribution < 1.29 is 0 Å². The molecule has 0 radical (unpaired) electrons. The molecular weight excluding hydrogens is 286 g/mol. The molecule has 8 heteroatoms. The topological polar surface area (TPSA) is 106 Å². The van der Waals surface area contributed by atoms with E-state index in [2.05, 4.69) is 46.1 Å². The summed E-state index contributed by atoms with van der Waals surface area (Å²) in [5.74, 6) is 0.608. The third kappa shape index (κ3) is 1.72. The minimum atomic E-state index is 0.145. The molecule has 0 spiro atoms. The smallest absolute Gasteiger partial charge is 0.222 e. The molecule has 84 valence electrons. The second-order valence-electron chi connectivity index (χ2n) is 3.28. The van der Waals surface area contributed by atoms with Gasteiger partial charge in [-0.25, -0.2) is 15.0 Å². The Hall–Kier alpha value is -2.09. The number of anilines is 1. The molecule has 0 atom stereocenters. The first-order valence-electron chi connectivity index (χ1n) is 4.69. The average Bonchev–Trinajstić information content (AvgIpc) is 2.82. The number of rotatable bonds is 1. The molecule has 3 rings (SSSR count). The molecule has 0 aliphatic rings. The predicted octanol–water partition coefficient (Wildman–Crippen LogP) is 1.15. The highest BCUT2D eigenvalue weighted by Gasteiger charge is 2.12. The number of H-pyrrole nitrogens is 1.